The highest BCUT2D eigenvalue weighted by Crippen LogP contribution is 2.37. The summed E-state index contributed by atoms with van der Waals surface area (Å²) < 4.78 is 26.1. The number of imide groups is 1. The van der Waals surface area contributed by atoms with E-state index in [9.17, 15) is 18.9 Å². The molecule has 192 valence electrons. The molecule has 2 bridgehead atoms. The molecular weight excluding hydrogens is 465 g/mol. The van der Waals surface area contributed by atoms with Crippen molar-refractivity contribution in [2.75, 3.05) is 19.8 Å². The predicted molar refractivity (Wildman–Crippen MR) is 123 cm³/mol. The first-order chi connectivity index (χ1) is 16.0. The molecule has 0 saturated carbocycles. The van der Waals surface area contributed by atoms with Gasteiger partial charge in [-0.05, 0) is 31.9 Å². The first-order valence-corrected chi connectivity index (χ1v) is 13.2. The fourth-order valence-corrected chi connectivity index (χ4v) is 4.36. The Hall–Kier alpha value is -1.84. The molecule has 0 aromatic heterocycles. The van der Waals surface area contributed by atoms with Crippen molar-refractivity contribution in [1.29, 1.82) is 0 Å². The number of fused-ring (bicyclic) bond motifs is 2. The Kier molecular flexibility index (Phi) is 10.6. The lowest BCUT2D eigenvalue weighted by Gasteiger charge is -2.31. The number of phosphoric acid groups is 1. The third-order valence-corrected chi connectivity index (χ3v) is 6.61. The number of carbonyl (C=O) groups excluding carboxylic acids is 3. The van der Waals surface area contributed by atoms with Crippen molar-refractivity contribution in [3.8, 4) is 0 Å². The number of phosphoric ester groups is 1. The van der Waals surface area contributed by atoms with Crippen LogP contribution in [0.5, 0.6) is 0 Å². The molecule has 2 heterocycles. The number of nitrogens with zero attached hydrogens (tertiary/aromatic N) is 1. The lowest BCUT2D eigenvalue weighted by Crippen LogP contribution is -2.48. The quantitative estimate of drug-likeness (QED) is 0.0865. The van der Waals surface area contributed by atoms with Crippen molar-refractivity contribution in [3.63, 3.8) is 0 Å². The Morgan fingerprint density at radius 1 is 1.12 bits per heavy atom. The highest BCUT2D eigenvalue weighted by atomic mass is 31.2. The fraction of sp³-hybridized carbons (Fsp3) is 0.696. The number of carbonyl (C=O) groups is 3. The van der Waals surface area contributed by atoms with Crippen molar-refractivity contribution in [1.82, 2.24) is 4.90 Å². The van der Waals surface area contributed by atoms with E-state index in [1.54, 1.807) is 19.1 Å². The standard InChI is InChI=1S/C23H36NO9P/c1-17(2)22(27)31-16-23-13-12-19(33-23)21(26)24(20(25)18(23)3)14-10-8-6-4-5-7-9-11-15-32-34(28,29)30/h12-13,18-19H,1,4-11,14-16H2,2-3H3,(H2,28,29,30). The fourth-order valence-electron chi connectivity index (χ4n) is 3.99. The van der Waals surface area contributed by atoms with Gasteiger partial charge in [-0.2, -0.15) is 0 Å². The van der Waals surface area contributed by atoms with Crippen LogP contribution in [0, 0.1) is 5.92 Å². The molecule has 2 N–H and O–H groups in total. The van der Waals surface area contributed by atoms with Crippen LogP contribution in [0.15, 0.2) is 24.3 Å². The molecule has 0 radical (unpaired) electrons. The zero-order valence-electron chi connectivity index (χ0n) is 19.9. The third-order valence-electron chi connectivity index (χ3n) is 6.09. The summed E-state index contributed by atoms with van der Waals surface area (Å²) in [5, 5.41) is 0. The lowest BCUT2D eigenvalue weighted by atomic mass is 9.88. The number of ether oxygens (including phenoxy) is 2. The first kappa shape index (κ1) is 28.4. The summed E-state index contributed by atoms with van der Waals surface area (Å²) in [6.45, 7) is 6.97. The van der Waals surface area contributed by atoms with Gasteiger partial charge in [0.1, 0.15) is 12.2 Å². The monoisotopic (exact) mass is 501 g/mol. The van der Waals surface area contributed by atoms with Crippen LogP contribution in [0.25, 0.3) is 0 Å². The Labute approximate surface area is 200 Å². The van der Waals surface area contributed by atoms with Crippen molar-refractivity contribution < 1.29 is 42.7 Å². The maximum Gasteiger partial charge on any atom is 0.469 e. The zero-order valence-corrected chi connectivity index (χ0v) is 20.8. The third kappa shape index (κ3) is 8.13. The Balaban J connectivity index is 1.72. The van der Waals surface area contributed by atoms with Gasteiger partial charge in [0.2, 0.25) is 5.91 Å². The van der Waals surface area contributed by atoms with E-state index in [0.29, 0.717) is 19.4 Å². The van der Waals surface area contributed by atoms with E-state index in [-0.39, 0.29) is 24.7 Å². The average molecular weight is 502 g/mol. The number of rotatable bonds is 15. The van der Waals surface area contributed by atoms with Crippen LogP contribution in [-0.4, -0.2) is 63.9 Å². The van der Waals surface area contributed by atoms with Gasteiger partial charge < -0.3 is 19.3 Å². The molecule has 0 aromatic carbocycles. The second-order valence-corrected chi connectivity index (χ2v) is 10.2. The smallest absolute Gasteiger partial charge is 0.459 e. The molecule has 34 heavy (non-hydrogen) atoms. The molecular formula is C23H36NO9P. The molecule has 0 aromatic rings. The van der Waals surface area contributed by atoms with Gasteiger partial charge in [-0.15, -0.1) is 0 Å². The molecule has 2 amide bonds. The van der Waals surface area contributed by atoms with E-state index in [1.807, 2.05) is 0 Å². The largest absolute Gasteiger partial charge is 0.469 e. The van der Waals surface area contributed by atoms with E-state index < -0.39 is 37.3 Å². The van der Waals surface area contributed by atoms with Gasteiger partial charge in [0.05, 0.1) is 12.5 Å². The maximum atomic E-state index is 13.1. The van der Waals surface area contributed by atoms with E-state index >= 15 is 0 Å². The minimum atomic E-state index is -4.37. The normalized spacial score (nSPS) is 24.4. The van der Waals surface area contributed by atoms with Crippen LogP contribution < -0.4 is 0 Å². The first-order valence-electron chi connectivity index (χ1n) is 11.7. The van der Waals surface area contributed by atoms with Crippen molar-refractivity contribution in [2.45, 2.75) is 76.9 Å². The summed E-state index contributed by atoms with van der Waals surface area (Å²) in [6, 6.07) is 0. The van der Waals surface area contributed by atoms with Crippen molar-refractivity contribution in [3.05, 3.63) is 24.3 Å². The lowest BCUT2D eigenvalue weighted by molar-refractivity contribution is -0.155. The number of amides is 2. The topological polar surface area (TPSA) is 140 Å². The second kappa shape index (κ2) is 12.7. The highest BCUT2D eigenvalue weighted by Gasteiger charge is 2.52. The minimum absolute atomic E-state index is 0.0537. The Morgan fingerprint density at radius 3 is 2.29 bits per heavy atom. The second-order valence-electron chi connectivity index (χ2n) is 8.91. The van der Waals surface area contributed by atoms with E-state index in [0.717, 1.165) is 38.5 Å². The van der Waals surface area contributed by atoms with Gasteiger partial charge >= 0.3 is 13.8 Å². The van der Waals surface area contributed by atoms with Gasteiger partial charge in [-0.1, -0.05) is 52.0 Å². The molecule has 0 spiro atoms. The Bertz CT molecular complexity index is 836. The van der Waals surface area contributed by atoms with Gasteiger partial charge in [0.15, 0.2) is 6.10 Å². The number of hydrogen-bond donors (Lipinski definition) is 2. The van der Waals surface area contributed by atoms with Gasteiger partial charge in [0.25, 0.3) is 5.91 Å². The van der Waals surface area contributed by atoms with E-state index in [2.05, 4.69) is 11.1 Å². The van der Waals surface area contributed by atoms with Crippen LogP contribution in [0.1, 0.15) is 65.2 Å². The van der Waals surface area contributed by atoms with Crippen LogP contribution in [-0.2, 0) is 32.9 Å². The summed E-state index contributed by atoms with van der Waals surface area (Å²) in [7, 11) is -4.37. The summed E-state index contributed by atoms with van der Waals surface area (Å²) >= 11 is 0. The average Bonchev–Trinajstić information content (AvgIpc) is 3.19. The molecule has 1 fully saturated rings. The van der Waals surface area contributed by atoms with Crippen LogP contribution in [0.4, 0.5) is 0 Å². The molecule has 11 heteroatoms. The molecule has 0 aliphatic carbocycles. The number of esters is 1. The van der Waals surface area contributed by atoms with Crippen molar-refractivity contribution >= 4 is 25.6 Å². The molecule has 2 rings (SSSR count). The van der Waals surface area contributed by atoms with Gasteiger partial charge in [-0.3, -0.25) is 19.0 Å². The van der Waals surface area contributed by atoms with Gasteiger partial charge in [-0.25, -0.2) is 9.36 Å². The molecule has 3 atom stereocenters. The minimum Gasteiger partial charge on any atom is -0.459 e. The summed E-state index contributed by atoms with van der Waals surface area (Å²) in [5.41, 5.74) is -0.915. The summed E-state index contributed by atoms with van der Waals surface area (Å²) in [4.78, 5) is 56.2. The molecule has 2 aliphatic heterocycles. The highest BCUT2D eigenvalue weighted by molar-refractivity contribution is 7.46. The Morgan fingerprint density at radius 2 is 1.71 bits per heavy atom. The van der Waals surface area contributed by atoms with Crippen LogP contribution >= 0.6 is 7.82 Å². The van der Waals surface area contributed by atoms with Gasteiger partial charge in [0, 0.05) is 12.1 Å². The van der Waals surface area contributed by atoms with E-state index in [4.69, 9.17) is 19.3 Å². The summed E-state index contributed by atoms with van der Waals surface area (Å²) in [6.07, 6.45) is 9.33. The van der Waals surface area contributed by atoms with Crippen molar-refractivity contribution in [2.24, 2.45) is 5.92 Å². The molecule has 2 aliphatic rings. The SMILES string of the molecule is C=C(C)C(=O)OCC12C=CC(O1)C(=O)N(CCCCCCCCCCOP(=O)(O)O)C(=O)C2C. The van der Waals surface area contributed by atoms with Crippen LogP contribution in [0.3, 0.4) is 0 Å². The molecule has 1 saturated heterocycles. The molecule has 10 nitrogen and oxygen atoms in total. The zero-order chi connectivity index (χ0) is 25.4. The predicted octanol–water partition coefficient (Wildman–Crippen LogP) is 3.03. The van der Waals surface area contributed by atoms with Crippen LogP contribution in [0.2, 0.25) is 0 Å². The number of hydrogen-bond acceptors (Lipinski definition) is 7. The van der Waals surface area contributed by atoms with E-state index in [1.165, 1.54) is 11.8 Å². The summed E-state index contributed by atoms with van der Waals surface area (Å²) in [5.74, 6) is -1.99. The number of unbranched alkanes of at least 4 members (excludes halogenated alkanes) is 7. The molecule has 3 unspecified atom stereocenters. The maximum absolute atomic E-state index is 13.1.